The molecular weight excluding hydrogens is 502 g/mol. The summed E-state index contributed by atoms with van der Waals surface area (Å²) in [6, 6.07) is 26.6. The van der Waals surface area contributed by atoms with Crippen LogP contribution < -0.4 is 10.1 Å². The Balaban J connectivity index is 1.14. The van der Waals surface area contributed by atoms with Crippen LogP contribution in [0.15, 0.2) is 78.9 Å². The number of nitrogens with zero attached hydrogens (tertiary/aromatic N) is 5. The molecular formula is C28H30ClN7O2. The van der Waals surface area contributed by atoms with Gasteiger partial charge in [0.25, 0.3) is 5.95 Å². The predicted molar refractivity (Wildman–Crippen MR) is 146 cm³/mol. The molecule has 1 aliphatic heterocycles. The van der Waals surface area contributed by atoms with Crippen LogP contribution in [0, 0.1) is 0 Å². The minimum absolute atomic E-state index is 0.151. The number of H-pyrrole nitrogens is 1. The Morgan fingerprint density at radius 2 is 1.66 bits per heavy atom. The third-order valence-electron chi connectivity index (χ3n) is 6.66. The van der Waals surface area contributed by atoms with Crippen LogP contribution in [-0.2, 0) is 11.2 Å². The second-order valence-electron chi connectivity index (χ2n) is 9.16. The minimum Gasteiger partial charge on any atom is -0.492 e. The van der Waals surface area contributed by atoms with Crippen LogP contribution in [0.2, 0.25) is 5.02 Å². The molecule has 10 heteroatoms. The fourth-order valence-electron chi connectivity index (χ4n) is 4.77. The van der Waals surface area contributed by atoms with Crippen LogP contribution in [0.4, 0.5) is 5.95 Å². The third-order valence-corrected chi connectivity index (χ3v) is 6.91. The number of hydrogen-bond acceptors (Lipinski definition) is 7. The molecule has 1 amide bonds. The lowest BCUT2D eigenvalue weighted by molar-refractivity contribution is -0.115. The van der Waals surface area contributed by atoms with Crippen LogP contribution >= 0.6 is 11.6 Å². The number of aromatic nitrogens is 4. The van der Waals surface area contributed by atoms with Crippen molar-refractivity contribution < 1.29 is 9.53 Å². The van der Waals surface area contributed by atoms with Crippen molar-refractivity contribution in [1.29, 1.82) is 0 Å². The molecule has 3 aromatic carbocycles. The molecule has 9 nitrogen and oxygen atoms in total. The molecule has 2 heterocycles. The van der Waals surface area contributed by atoms with E-state index in [1.54, 1.807) is 0 Å². The molecule has 2 N–H and O–H groups in total. The third kappa shape index (κ3) is 6.74. The molecule has 0 spiro atoms. The Labute approximate surface area is 226 Å². The van der Waals surface area contributed by atoms with Crippen molar-refractivity contribution in [3.63, 3.8) is 0 Å². The lowest BCUT2D eigenvalue weighted by Gasteiger charge is -2.39. The summed E-state index contributed by atoms with van der Waals surface area (Å²) >= 11 is 6.16. The number of para-hydroxylation sites is 1. The topological polar surface area (TPSA) is 99.3 Å². The van der Waals surface area contributed by atoms with E-state index in [4.69, 9.17) is 16.3 Å². The minimum atomic E-state index is -0.229. The predicted octanol–water partition coefficient (Wildman–Crippen LogP) is 3.82. The van der Waals surface area contributed by atoms with Crippen LogP contribution in [0.3, 0.4) is 0 Å². The zero-order valence-electron chi connectivity index (χ0n) is 21.0. The molecule has 0 radical (unpaired) electrons. The van der Waals surface area contributed by atoms with Crippen molar-refractivity contribution in [2.24, 2.45) is 0 Å². The normalized spacial score (nSPS) is 15.2. The molecule has 1 aliphatic rings. The number of nitrogens with one attached hydrogen (secondary N) is 2. The van der Waals surface area contributed by atoms with E-state index in [0.29, 0.717) is 12.4 Å². The summed E-state index contributed by atoms with van der Waals surface area (Å²) in [6.45, 7) is 5.17. The number of hydrogen-bond donors (Lipinski definition) is 2. The molecule has 196 valence electrons. The fourth-order valence-corrected chi connectivity index (χ4v) is 4.90. The first-order valence-electron chi connectivity index (χ1n) is 12.7. The van der Waals surface area contributed by atoms with Crippen molar-refractivity contribution >= 4 is 23.5 Å². The average molecular weight is 532 g/mol. The van der Waals surface area contributed by atoms with Gasteiger partial charge in [-0.1, -0.05) is 77.4 Å². The van der Waals surface area contributed by atoms with E-state index in [-0.39, 0.29) is 24.3 Å². The number of anilines is 1. The number of benzene rings is 3. The number of rotatable bonds is 10. The fraction of sp³-hybridized carbons (Fsp3) is 0.286. The van der Waals surface area contributed by atoms with Gasteiger partial charge in [0.1, 0.15) is 12.4 Å². The zero-order chi connectivity index (χ0) is 26.2. The lowest BCUT2D eigenvalue weighted by atomic mass is 9.96. The number of carbonyl (C=O) groups is 1. The highest BCUT2D eigenvalue weighted by Gasteiger charge is 2.26. The summed E-state index contributed by atoms with van der Waals surface area (Å²) in [5.74, 6) is 0.631. The van der Waals surface area contributed by atoms with Gasteiger partial charge < -0.3 is 4.74 Å². The Kier molecular flexibility index (Phi) is 8.60. The summed E-state index contributed by atoms with van der Waals surface area (Å²) in [7, 11) is 0. The van der Waals surface area contributed by atoms with Gasteiger partial charge in [0.2, 0.25) is 5.91 Å². The van der Waals surface area contributed by atoms with Crippen LogP contribution in [0.25, 0.3) is 0 Å². The van der Waals surface area contributed by atoms with Gasteiger partial charge >= 0.3 is 0 Å². The first-order valence-corrected chi connectivity index (χ1v) is 13.0. The summed E-state index contributed by atoms with van der Waals surface area (Å²) in [6.07, 6.45) is 0.162. The van der Waals surface area contributed by atoms with Gasteiger partial charge in [-0.3, -0.25) is 19.9 Å². The molecule has 1 saturated heterocycles. The van der Waals surface area contributed by atoms with Crippen molar-refractivity contribution in [3.8, 4) is 5.75 Å². The van der Waals surface area contributed by atoms with Gasteiger partial charge in [-0.15, -0.1) is 5.10 Å². The van der Waals surface area contributed by atoms with Gasteiger partial charge in [0.05, 0.1) is 12.5 Å². The van der Waals surface area contributed by atoms with Crippen molar-refractivity contribution in [1.82, 2.24) is 30.4 Å². The highest BCUT2D eigenvalue weighted by Crippen LogP contribution is 2.30. The van der Waals surface area contributed by atoms with Crippen molar-refractivity contribution in [2.75, 3.05) is 44.6 Å². The maximum atomic E-state index is 12.4. The van der Waals surface area contributed by atoms with E-state index in [1.807, 2.05) is 36.4 Å². The number of amides is 1. The highest BCUT2D eigenvalue weighted by atomic mass is 35.5. The average Bonchev–Trinajstić information content (AvgIpc) is 3.45. The highest BCUT2D eigenvalue weighted by molar-refractivity contribution is 6.30. The van der Waals surface area contributed by atoms with Crippen LogP contribution in [-0.4, -0.2) is 75.7 Å². The van der Waals surface area contributed by atoms with Gasteiger partial charge in [-0.2, -0.15) is 5.21 Å². The monoisotopic (exact) mass is 531 g/mol. The van der Waals surface area contributed by atoms with Gasteiger partial charge in [-0.05, 0) is 34.5 Å². The Bertz CT molecular complexity index is 1290. The van der Waals surface area contributed by atoms with E-state index in [0.717, 1.165) is 43.3 Å². The maximum Gasteiger partial charge on any atom is 0.269 e. The molecule has 1 fully saturated rings. The summed E-state index contributed by atoms with van der Waals surface area (Å²) in [5.41, 5.74) is 3.34. The van der Waals surface area contributed by atoms with Crippen LogP contribution in [0.5, 0.6) is 5.75 Å². The molecule has 0 aliphatic carbocycles. The first-order chi connectivity index (χ1) is 18.7. The molecule has 4 aromatic rings. The van der Waals surface area contributed by atoms with E-state index >= 15 is 0 Å². The van der Waals surface area contributed by atoms with Gasteiger partial charge in [0.15, 0.2) is 0 Å². The number of tetrazole rings is 1. The second-order valence-corrected chi connectivity index (χ2v) is 9.60. The van der Waals surface area contributed by atoms with Gasteiger partial charge in [0, 0.05) is 43.3 Å². The van der Waals surface area contributed by atoms with E-state index in [2.05, 4.69) is 78.2 Å². The van der Waals surface area contributed by atoms with Gasteiger partial charge in [-0.25, -0.2) is 0 Å². The molecule has 1 aromatic heterocycles. The number of aromatic amines is 1. The van der Waals surface area contributed by atoms with E-state index in [9.17, 15) is 4.79 Å². The molecule has 1 atom stereocenters. The quantitative estimate of drug-likeness (QED) is 0.321. The summed E-state index contributed by atoms with van der Waals surface area (Å²) in [5, 5.41) is 16.6. The largest absolute Gasteiger partial charge is 0.492 e. The standard InChI is InChI=1S/C28H30ClN7O2/c29-24-12-10-22(11-13-24)27(21-6-2-1-3-7-21)36-16-14-35(15-17-36)18-19-38-25-9-5-4-8-23(25)20-26(37)30-28-31-33-34-32-28/h1-13,27H,14-20H2,(H2,30,31,32,33,34,37). The Morgan fingerprint density at radius 3 is 2.39 bits per heavy atom. The van der Waals surface area contributed by atoms with Crippen molar-refractivity contribution in [2.45, 2.75) is 12.5 Å². The number of halogens is 1. The molecule has 5 rings (SSSR count). The van der Waals surface area contributed by atoms with Crippen LogP contribution in [0.1, 0.15) is 22.7 Å². The number of carbonyl (C=O) groups excluding carboxylic acids is 1. The number of ether oxygens (including phenoxy) is 1. The van der Waals surface area contributed by atoms with E-state index in [1.165, 1.54) is 11.1 Å². The second kappa shape index (κ2) is 12.6. The Morgan fingerprint density at radius 1 is 0.947 bits per heavy atom. The van der Waals surface area contributed by atoms with Crippen molar-refractivity contribution in [3.05, 3.63) is 101 Å². The SMILES string of the molecule is O=C(Cc1ccccc1OCCN1CCN(C(c2ccccc2)c2ccc(Cl)cc2)CC1)Nc1nn[nH]n1. The Hall–Kier alpha value is -3.79. The zero-order valence-corrected chi connectivity index (χ0v) is 21.7. The summed E-state index contributed by atoms with van der Waals surface area (Å²) < 4.78 is 6.10. The lowest BCUT2D eigenvalue weighted by Crippen LogP contribution is -2.48. The first kappa shape index (κ1) is 25.8. The maximum absolute atomic E-state index is 12.4. The van der Waals surface area contributed by atoms with E-state index < -0.39 is 0 Å². The molecule has 0 saturated carbocycles. The molecule has 0 bridgehead atoms. The molecule has 1 unspecified atom stereocenters. The number of piperazine rings is 1. The summed E-state index contributed by atoms with van der Waals surface area (Å²) in [4.78, 5) is 17.3. The smallest absolute Gasteiger partial charge is 0.269 e. The molecule has 38 heavy (non-hydrogen) atoms.